The summed E-state index contributed by atoms with van der Waals surface area (Å²) < 4.78 is 5.80. The Morgan fingerprint density at radius 1 is 1.15 bits per heavy atom. The molecule has 0 amide bonds. The Morgan fingerprint density at radius 2 is 1.89 bits per heavy atom. The van der Waals surface area contributed by atoms with Crippen LogP contribution in [0.3, 0.4) is 0 Å². The molecule has 5 nitrogen and oxygen atoms in total. The van der Waals surface area contributed by atoms with Crippen LogP contribution < -0.4 is 0 Å². The summed E-state index contributed by atoms with van der Waals surface area (Å²) >= 11 is 0. The summed E-state index contributed by atoms with van der Waals surface area (Å²) in [6.45, 7) is 9.60. The molecule has 2 aliphatic rings. The number of rotatable bonds is 4. The van der Waals surface area contributed by atoms with E-state index >= 15 is 0 Å². The lowest BCUT2D eigenvalue weighted by Crippen LogP contribution is -2.50. The highest BCUT2D eigenvalue weighted by atomic mass is 16.4. The van der Waals surface area contributed by atoms with Gasteiger partial charge in [-0.25, -0.2) is 0 Å². The van der Waals surface area contributed by atoms with Gasteiger partial charge in [0.15, 0.2) is 0 Å². The third-order valence-corrected chi connectivity index (χ3v) is 6.34. The summed E-state index contributed by atoms with van der Waals surface area (Å²) in [5.74, 6) is 2.46. The van der Waals surface area contributed by atoms with E-state index in [1.165, 1.54) is 37.9 Å². The van der Waals surface area contributed by atoms with Crippen molar-refractivity contribution >= 4 is 0 Å². The Bertz CT molecular complexity index is 734. The van der Waals surface area contributed by atoms with Crippen molar-refractivity contribution in [1.82, 2.24) is 20.0 Å². The summed E-state index contributed by atoms with van der Waals surface area (Å²) in [7, 11) is 2.29. The molecule has 2 aliphatic heterocycles. The standard InChI is InChI=1S/C22H32N4O/c1-17(2)21-24-23-20(27-21)15-26-11-9-22(10-12-26)13-19(14-25(3)16-22)18-7-5-4-6-8-18/h4-8,17,19H,9-16H2,1-3H3/t19-/m0/s1. The van der Waals surface area contributed by atoms with E-state index in [0.717, 1.165) is 31.4 Å². The molecule has 27 heavy (non-hydrogen) atoms. The van der Waals surface area contributed by atoms with E-state index in [2.05, 4.69) is 71.2 Å². The monoisotopic (exact) mass is 368 g/mol. The van der Waals surface area contributed by atoms with E-state index in [9.17, 15) is 0 Å². The fraction of sp³-hybridized carbons (Fsp3) is 0.636. The van der Waals surface area contributed by atoms with Gasteiger partial charge in [-0.15, -0.1) is 10.2 Å². The lowest BCUT2D eigenvalue weighted by Gasteiger charge is -2.49. The van der Waals surface area contributed by atoms with Crippen LogP contribution in [0.1, 0.15) is 62.3 Å². The molecule has 146 valence electrons. The van der Waals surface area contributed by atoms with Crippen molar-refractivity contribution in [2.75, 3.05) is 33.2 Å². The zero-order valence-corrected chi connectivity index (χ0v) is 16.9. The minimum Gasteiger partial charge on any atom is -0.424 e. The van der Waals surface area contributed by atoms with Crippen LogP contribution in [0, 0.1) is 5.41 Å². The number of likely N-dealkylation sites (N-methyl/N-ethyl adjacent to an activating group) is 1. The van der Waals surface area contributed by atoms with Crippen LogP contribution in [0.2, 0.25) is 0 Å². The first-order valence-electron chi connectivity index (χ1n) is 10.3. The van der Waals surface area contributed by atoms with Gasteiger partial charge in [0.25, 0.3) is 0 Å². The number of hydrogen-bond donors (Lipinski definition) is 0. The van der Waals surface area contributed by atoms with Crippen LogP contribution >= 0.6 is 0 Å². The maximum atomic E-state index is 5.80. The van der Waals surface area contributed by atoms with Crippen molar-refractivity contribution in [3.05, 3.63) is 47.7 Å². The number of hydrogen-bond acceptors (Lipinski definition) is 5. The maximum absolute atomic E-state index is 5.80. The number of piperidine rings is 2. The van der Waals surface area contributed by atoms with Crippen molar-refractivity contribution in [2.45, 2.75) is 51.5 Å². The van der Waals surface area contributed by atoms with Crippen LogP contribution in [0.5, 0.6) is 0 Å². The lowest BCUT2D eigenvalue weighted by molar-refractivity contribution is 0.0195. The SMILES string of the molecule is CC(C)c1nnc(CN2CCC3(CC2)C[C@H](c2ccccc2)CN(C)C3)o1. The summed E-state index contributed by atoms with van der Waals surface area (Å²) in [5.41, 5.74) is 1.94. The van der Waals surface area contributed by atoms with E-state index < -0.39 is 0 Å². The van der Waals surface area contributed by atoms with Crippen molar-refractivity contribution < 1.29 is 4.42 Å². The molecular formula is C22H32N4O. The van der Waals surface area contributed by atoms with Crippen molar-refractivity contribution in [3.8, 4) is 0 Å². The number of aromatic nitrogens is 2. The third-order valence-electron chi connectivity index (χ3n) is 6.34. The zero-order chi connectivity index (χ0) is 18.9. The van der Waals surface area contributed by atoms with Crippen LogP contribution in [0.4, 0.5) is 0 Å². The molecule has 2 fully saturated rings. The van der Waals surface area contributed by atoms with E-state index in [1.54, 1.807) is 0 Å². The molecule has 0 N–H and O–H groups in total. The first kappa shape index (κ1) is 18.6. The van der Waals surface area contributed by atoms with Crippen molar-refractivity contribution in [3.63, 3.8) is 0 Å². The molecule has 0 aliphatic carbocycles. The molecule has 1 atom stereocenters. The second-order valence-corrected chi connectivity index (χ2v) is 8.97. The number of benzene rings is 1. The predicted molar refractivity (Wildman–Crippen MR) is 107 cm³/mol. The van der Waals surface area contributed by atoms with Gasteiger partial charge in [-0.2, -0.15) is 0 Å². The summed E-state index contributed by atoms with van der Waals surface area (Å²) in [5, 5.41) is 8.40. The number of nitrogens with zero attached hydrogens (tertiary/aromatic N) is 4. The zero-order valence-electron chi connectivity index (χ0n) is 16.9. The predicted octanol–water partition coefficient (Wildman–Crippen LogP) is 3.89. The molecular weight excluding hydrogens is 336 g/mol. The molecule has 3 heterocycles. The largest absolute Gasteiger partial charge is 0.424 e. The molecule has 1 aromatic carbocycles. The maximum Gasteiger partial charge on any atom is 0.230 e. The first-order valence-corrected chi connectivity index (χ1v) is 10.3. The van der Waals surface area contributed by atoms with Crippen molar-refractivity contribution in [1.29, 1.82) is 0 Å². The normalized spacial score (nSPS) is 23.9. The van der Waals surface area contributed by atoms with E-state index in [0.29, 0.717) is 17.3 Å². The average Bonchev–Trinajstić information content (AvgIpc) is 3.13. The smallest absolute Gasteiger partial charge is 0.230 e. The molecule has 2 saturated heterocycles. The van der Waals surface area contributed by atoms with Gasteiger partial charge >= 0.3 is 0 Å². The minimum atomic E-state index is 0.295. The van der Waals surface area contributed by atoms with Crippen LogP contribution in [0.25, 0.3) is 0 Å². The third kappa shape index (κ3) is 4.25. The molecule has 0 bridgehead atoms. The van der Waals surface area contributed by atoms with Crippen LogP contribution in [-0.2, 0) is 6.54 Å². The van der Waals surface area contributed by atoms with Gasteiger partial charge in [0.1, 0.15) is 0 Å². The quantitative estimate of drug-likeness (QED) is 0.819. The molecule has 4 rings (SSSR count). The Balaban J connectivity index is 1.38. The summed E-state index contributed by atoms with van der Waals surface area (Å²) in [6.07, 6.45) is 3.82. The fourth-order valence-electron chi connectivity index (χ4n) is 4.92. The molecule has 5 heteroatoms. The van der Waals surface area contributed by atoms with Gasteiger partial charge in [-0.05, 0) is 56.3 Å². The number of likely N-dealkylation sites (tertiary alicyclic amines) is 2. The highest BCUT2D eigenvalue weighted by Crippen LogP contribution is 2.44. The van der Waals surface area contributed by atoms with Gasteiger partial charge in [-0.3, -0.25) is 4.90 Å². The van der Waals surface area contributed by atoms with E-state index in [-0.39, 0.29) is 0 Å². The first-order chi connectivity index (χ1) is 13.0. The minimum absolute atomic E-state index is 0.295. The fourth-order valence-corrected chi connectivity index (χ4v) is 4.92. The molecule has 2 aromatic rings. The Morgan fingerprint density at radius 3 is 2.56 bits per heavy atom. The van der Waals surface area contributed by atoms with Crippen molar-refractivity contribution in [2.24, 2.45) is 5.41 Å². The Labute approximate surface area is 162 Å². The topological polar surface area (TPSA) is 45.4 Å². The molecule has 1 spiro atoms. The van der Waals surface area contributed by atoms with Crippen LogP contribution in [-0.4, -0.2) is 53.2 Å². The highest BCUT2D eigenvalue weighted by molar-refractivity contribution is 5.21. The van der Waals surface area contributed by atoms with Gasteiger partial charge in [0.05, 0.1) is 6.54 Å². The second-order valence-electron chi connectivity index (χ2n) is 8.97. The average molecular weight is 369 g/mol. The van der Waals surface area contributed by atoms with Crippen LogP contribution in [0.15, 0.2) is 34.7 Å². The highest BCUT2D eigenvalue weighted by Gasteiger charge is 2.41. The molecule has 0 radical (unpaired) electrons. The van der Waals surface area contributed by atoms with Gasteiger partial charge in [0.2, 0.25) is 11.8 Å². The molecule has 0 saturated carbocycles. The van der Waals surface area contributed by atoms with E-state index in [4.69, 9.17) is 4.42 Å². The second kappa shape index (κ2) is 7.72. The molecule has 1 aromatic heterocycles. The van der Waals surface area contributed by atoms with E-state index in [1.807, 2.05) is 0 Å². The summed E-state index contributed by atoms with van der Waals surface area (Å²) in [4.78, 5) is 5.03. The Hall–Kier alpha value is -1.72. The van der Waals surface area contributed by atoms with Gasteiger partial charge in [-0.1, -0.05) is 44.2 Å². The summed E-state index contributed by atoms with van der Waals surface area (Å²) in [6, 6.07) is 11.1. The van der Waals surface area contributed by atoms with Gasteiger partial charge in [0, 0.05) is 19.0 Å². The van der Waals surface area contributed by atoms with Gasteiger partial charge < -0.3 is 9.32 Å². The molecule has 0 unspecified atom stereocenters. The lowest BCUT2D eigenvalue weighted by atomic mass is 9.68. The Kier molecular flexibility index (Phi) is 5.33.